The molecule has 3 aliphatic rings. The Bertz CT molecular complexity index is 1040. The molecule has 3 aliphatic heterocycles. The van der Waals surface area contributed by atoms with E-state index in [0.29, 0.717) is 25.2 Å². The maximum absolute atomic E-state index is 13.8. The Morgan fingerprint density at radius 3 is 2.65 bits per heavy atom. The number of carbonyl (C=O) groups is 1. The lowest BCUT2D eigenvalue weighted by molar-refractivity contribution is 0.0593. The number of nitrogens with zero attached hydrogens (tertiary/aromatic N) is 3. The molecule has 2 bridgehead atoms. The molecule has 2 aromatic rings. The molecule has 0 spiro atoms. The minimum atomic E-state index is -0.376. The van der Waals surface area contributed by atoms with Gasteiger partial charge in [0.1, 0.15) is 5.82 Å². The van der Waals surface area contributed by atoms with Crippen LogP contribution in [0.3, 0.4) is 0 Å². The number of carbonyl (C=O) groups excluding carboxylic acids is 1. The number of fused-ring (bicyclic) bond motifs is 4. The maximum atomic E-state index is 13.8. The third-order valence-electron chi connectivity index (χ3n) is 7.10. The summed E-state index contributed by atoms with van der Waals surface area (Å²) in [5.74, 6) is -0.0795. The number of pyridine rings is 1. The van der Waals surface area contributed by atoms with Gasteiger partial charge in [0.2, 0.25) is 0 Å². The molecule has 2 saturated heterocycles. The lowest BCUT2D eigenvalue weighted by atomic mass is 9.82. The van der Waals surface area contributed by atoms with Crippen LogP contribution in [0.2, 0.25) is 0 Å². The number of piperidine rings is 2. The van der Waals surface area contributed by atoms with Crippen molar-refractivity contribution in [3.05, 3.63) is 68.9 Å². The zero-order chi connectivity index (χ0) is 21.5. The summed E-state index contributed by atoms with van der Waals surface area (Å²) in [6.45, 7) is 6.53. The van der Waals surface area contributed by atoms with Crippen LogP contribution in [0.4, 0.5) is 4.39 Å². The molecule has 164 valence electrons. The van der Waals surface area contributed by atoms with Crippen molar-refractivity contribution in [2.24, 2.45) is 5.92 Å². The van der Waals surface area contributed by atoms with Crippen LogP contribution in [0, 0.1) is 18.7 Å². The zero-order valence-corrected chi connectivity index (χ0v) is 18.1. The summed E-state index contributed by atoms with van der Waals surface area (Å²) in [5.41, 5.74) is 3.22. The van der Waals surface area contributed by atoms with Gasteiger partial charge in [-0.05, 0) is 75.0 Å². The molecule has 1 aromatic carbocycles. The van der Waals surface area contributed by atoms with Gasteiger partial charge in [-0.1, -0.05) is 12.5 Å². The number of likely N-dealkylation sites (tertiary alicyclic amines) is 2. The Morgan fingerprint density at radius 1 is 1.06 bits per heavy atom. The number of halogens is 1. The maximum Gasteiger partial charge on any atom is 0.255 e. The van der Waals surface area contributed by atoms with E-state index in [-0.39, 0.29) is 29.1 Å². The topological polar surface area (TPSA) is 45.6 Å². The highest BCUT2D eigenvalue weighted by Crippen LogP contribution is 2.36. The first-order valence-electron chi connectivity index (χ1n) is 11.5. The van der Waals surface area contributed by atoms with Crippen molar-refractivity contribution < 1.29 is 9.18 Å². The smallest absolute Gasteiger partial charge is 0.255 e. The van der Waals surface area contributed by atoms with Crippen LogP contribution in [-0.4, -0.2) is 46.5 Å². The molecule has 0 radical (unpaired) electrons. The molecule has 0 saturated carbocycles. The van der Waals surface area contributed by atoms with Crippen LogP contribution >= 0.6 is 0 Å². The van der Waals surface area contributed by atoms with E-state index in [1.807, 2.05) is 15.5 Å². The van der Waals surface area contributed by atoms with Crippen LogP contribution in [0.15, 0.2) is 35.1 Å². The molecule has 5 rings (SSSR count). The minimum absolute atomic E-state index is 0.116. The molecule has 2 atom stereocenters. The first-order valence-corrected chi connectivity index (χ1v) is 11.5. The third-order valence-corrected chi connectivity index (χ3v) is 7.10. The number of benzene rings is 1. The Balaban J connectivity index is 1.37. The van der Waals surface area contributed by atoms with E-state index < -0.39 is 0 Å². The van der Waals surface area contributed by atoms with Crippen molar-refractivity contribution in [2.75, 3.05) is 26.2 Å². The van der Waals surface area contributed by atoms with Crippen molar-refractivity contribution in [1.29, 1.82) is 0 Å². The summed E-state index contributed by atoms with van der Waals surface area (Å²) in [4.78, 5) is 30.6. The zero-order valence-electron chi connectivity index (χ0n) is 18.1. The Morgan fingerprint density at radius 2 is 1.87 bits per heavy atom. The number of rotatable bonds is 3. The van der Waals surface area contributed by atoms with E-state index >= 15 is 0 Å². The van der Waals surface area contributed by atoms with Crippen molar-refractivity contribution in [2.45, 2.75) is 51.6 Å². The van der Waals surface area contributed by atoms with Gasteiger partial charge in [0.25, 0.3) is 11.5 Å². The van der Waals surface area contributed by atoms with Crippen LogP contribution < -0.4 is 5.56 Å². The molecule has 6 heteroatoms. The second kappa shape index (κ2) is 8.23. The summed E-state index contributed by atoms with van der Waals surface area (Å²) in [6, 6.07) is 8.61. The Kier molecular flexibility index (Phi) is 5.42. The molecule has 31 heavy (non-hydrogen) atoms. The summed E-state index contributed by atoms with van der Waals surface area (Å²) >= 11 is 0. The van der Waals surface area contributed by atoms with Crippen molar-refractivity contribution in [3.8, 4) is 0 Å². The first-order chi connectivity index (χ1) is 15.0. The van der Waals surface area contributed by atoms with Crippen LogP contribution in [0.5, 0.6) is 0 Å². The summed E-state index contributed by atoms with van der Waals surface area (Å²) in [5, 5.41) is 0. The van der Waals surface area contributed by atoms with Crippen molar-refractivity contribution in [1.82, 2.24) is 14.4 Å². The van der Waals surface area contributed by atoms with E-state index in [0.717, 1.165) is 42.9 Å². The number of hydrogen-bond donors (Lipinski definition) is 0. The average molecular weight is 424 g/mol. The van der Waals surface area contributed by atoms with E-state index in [9.17, 15) is 14.0 Å². The molecule has 1 amide bonds. The molecule has 0 N–H and O–H groups in total. The second-order valence-corrected chi connectivity index (χ2v) is 9.56. The van der Waals surface area contributed by atoms with E-state index in [2.05, 4.69) is 11.0 Å². The monoisotopic (exact) mass is 423 g/mol. The fraction of sp³-hybridized carbons (Fsp3) is 0.520. The summed E-state index contributed by atoms with van der Waals surface area (Å²) in [6.07, 6.45) is 4.71. The third kappa shape index (κ3) is 4.05. The van der Waals surface area contributed by atoms with Gasteiger partial charge in [-0.25, -0.2) is 4.39 Å². The molecular weight excluding hydrogens is 393 g/mol. The lowest BCUT2D eigenvalue weighted by Crippen LogP contribution is -2.49. The quantitative estimate of drug-likeness (QED) is 0.759. The van der Waals surface area contributed by atoms with Gasteiger partial charge in [-0.15, -0.1) is 0 Å². The first kappa shape index (κ1) is 20.4. The van der Waals surface area contributed by atoms with Crippen molar-refractivity contribution in [3.63, 3.8) is 0 Å². The van der Waals surface area contributed by atoms with E-state index in [4.69, 9.17) is 0 Å². The lowest BCUT2D eigenvalue weighted by Gasteiger charge is -2.43. The number of aromatic nitrogens is 1. The molecule has 0 aliphatic carbocycles. The molecule has 1 aromatic heterocycles. The highest BCUT2D eigenvalue weighted by atomic mass is 19.1. The average Bonchev–Trinajstić information content (AvgIpc) is 2.75. The van der Waals surface area contributed by atoms with Crippen LogP contribution in [0.25, 0.3) is 0 Å². The van der Waals surface area contributed by atoms with E-state index in [1.165, 1.54) is 31.4 Å². The largest absolute Gasteiger partial charge is 0.338 e. The molecule has 0 unspecified atom stereocenters. The minimum Gasteiger partial charge on any atom is -0.338 e. The van der Waals surface area contributed by atoms with E-state index in [1.54, 1.807) is 13.0 Å². The molecule has 4 heterocycles. The standard InChI is InChI=1S/C25H30FN3O2/c1-17-9-20(12-22(26)10-17)24(30)28-13-18-11-21(16-28)23-6-5-19(25(31)29(23)14-18)15-27-7-3-2-4-8-27/h5-6,9-10,12,18,21H,2-4,7-8,11,13-16H2,1H3/t18-,21+/m0/s1. The van der Waals surface area contributed by atoms with Gasteiger partial charge in [-0.2, -0.15) is 0 Å². The van der Waals surface area contributed by atoms with Crippen LogP contribution in [-0.2, 0) is 13.1 Å². The number of amides is 1. The van der Waals surface area contributed by atoms with Gasteiger partial charge < -0.3 is 9.47 Å². The highest BCUT2D eigenvalue weighted by Gasteiger charge is 2.37. The SMILES string of the molecule is Cc1cc(F)cc(C(=O)N2C[C@@H]3C[C@H](C2)c2ccc(CN4CCCCC4)c(=O)n2C3)c1. The fourth-order valence-corrected chi connectivity index (χ4v) is 5.68. The predicted octanol–water partition coefficient (Wildman–Crippen LogP) is 3.54. The van der Waals surface area contributed by atoms with Gasteiger partial charge in [0.15, 0.2) is 0 Å². The number of aryl methyl sites for hydroxylation is 1. The van der Waals surface area contributed by atoms with Gasteiger partial charge >= 0.3 is 0 Å². The second-order valence-electron chi connectivity index (χ2n) is 9.56. The van der Waals surface area contributed by atoms with Gasteiger partial charge in [0, 0.05) is 48.9 Å². The number of hydrogen-bond acceptors (Lipinski definition) is 3. The van der Waals surface area contributed by atoms with Crippen LogP contribution in [0.1, 0.15) is 58.8 Å². The summed E-state index contributed by atoms with van der Waals surface area (Å²) < 4.78 is 15.8. The van der Waals surface area contributed by atoms with Gasteiger partial charge in [-0.3, -0.25) is 14.5 Å². The molecular formula is C25H30FN3O2. The Labute approximate surface area is 182 Å². The molecule has 2 fully saturated rings. The van der Waals surface area contributed by atoms with Gasteiger partial charge in [0.05, 0.1) is 0 Å². The Hall–Kier alpha value is -2.47. The summed E-state index contributed by atoms with van der Waals surface area (Å²) in [7, 11) is 0. The highest BCUT2D eigenvalue weighted by molar-refractivity contribution is 5.94. The fourth-order valence-electron chi connectivity index (χ4n) is 5.68. The molecule has 5 nitrogen and oxygen atoms in total. The normalized spacial score (nSPS) is 23.5. The predicted molar refractivity (Wildman–Crippen MR) is 118 cm³/mol. The van der Waals surface area contributed by atoms with Crippen molar-refractivity contribution >= 4 is 5.91 Å².